The van der Waals surface area contributed by atoms with E-state index in [2.05, 4.69) is 5.32 Å². The van der Waals surface area contributed by atoms with Crippen molar-refractivity contribution in [2.24, 2.45) is 47.2 Å². The smallest absolute Gasteiger partial charge is 0.242 e. The zero-order valence-electron chi connectivity index (χ0n) is 57.6. The maximum atomic E-state index is 14.5. The summed E-state index contributed by atoms with van der Waals surface area (Å²) in [6, 6.07) is 3.14. The van der Waals surface area contributed by atoms with Gasteiger partial charge >= 0.3 is 0 Å². The van der Waals surface area contributed by atoms with E-state index in [4.69, 9.17) is 29.4 Å². The quantitative estimate of drug-likeness (QED) is 0.0595. The molecule has 25 heteroatoms. The van der Waals surface area contributed by atoms with Gasteiger partial charge in [-0.25, -0.2) is 8.42 Å². The molecule has 11 atom stereocenters. The molecule has 2 aliphatic heterocycles. The van der Waals surface area contributed by atoms with Crippen LogP contribution in [0.3, 0.4) is 0 Å². The molecule has 0 radical (unpaired) electrons. The molecule has 1 aromatic carbocycles. The Kier molecular flexibility index (Phi) is 35.7. The van der Waals surface area contributed by atoms with Gasteiger partial charge < -0.3 is 44.5 Å². The lowest BCUT2D eigenvalue weighted by molar-refractivity contribution is -0.149. The molecular weight excluding hydrogens is 1220 g/mol. The van der Waals surface area contributed by atoms with Crippen molar-refractivity contribution >= 4 is 80.2 Å². The Morgan fingerprint density at radius 1 is 0.750 bits per heavy atom. The number of hydrogen-bond donors (Lipinski definition) is 2. The first kappa shape index (κ1) is 81.2. The Balaban J connectivity index is 1.62. The van der Waals surface area contributed by atoms with Crippen LogP contribution in [0.25, 0.3) is 0 Å². The van der Waals surface area contributed by atoms with E-state index in [9.17, 15) is 56.4 Å². The Morgan fingerprint density at radius 3 is 1.89 bits per heavy atom. The lowest BCUT2D eigenvalue weighted by Gasteiger charge is -2.41. The number of ketones is 4. The summed E-state index contributed by atoms with van der Waals surface area (Å²) < 4.78 is 56.5. The van der Waals surface area contributed by atoms with Gasteiger partial charge in [0.05, 0.1) is 99.1 Å². The minimum atomic E-state index is -4.23. The largest absolute Gasteiger partial charge is 0.379 e. The summed E-state index contributed by atoms with van der Waals surface area (Å²) in [5, 5.41) is 2.52. The molecule has 0 spiro atoms. The van der Waals surface area contributed by atoms with Gasteiger partial charge in [-0.3, -0.25) is 57.7 Å². The number of thioether (sulfide) groups is 1. The molecule has 2 aliphatic rings. The second-order valence-electron chi connectivity index (χ2n) is 26.0. The summed E-state index contributed by atoms with van der Waals surface area (Å²) in [6.07, 6.45) is 2.93. The molecule has 6 amide bonds. The number of carbonyl (C=O) groups is 10. The molecule has 23 nitrogen and oxygen atoms in total. The summed E-state index contributed by atoms with van der Waals surface area (Å²) in [6.45, 7) is 18.9. The summed E-state index contributed by atoms with van der Waals surface area (Å²) in [5.74, 6) is -6.73. The molecule has 0 saturated carbocycles. The number of nitrogens with zero attached hydrogens (tertiary/aromatic N) is 4. The fourth-order valence-electron chi connectivity index (χ4n) is 12.5. The van der Waals surface area contributed by atoms with Gasteiger partial charge in [-0.2, -0.15) is 11.8 Å². The fourth-order valence-corrected chi connectivity index (χ4v) is 14.5. The number of methoxy groups -OCH3 is 2. The number of sulfone groups is 1. The van der Waals surface area contributed by atoms with Gasteiger partial charge in [0.1, 0.15) is 11.5 Å². The average Bonchev–Trinajstić information content (AvgIpc) is 1.30. The van der Waals surface area contributed by atoms with Crippen molar-refractivity contribution in [1.82, 2.24) is 24.9 Å². The van der Waals surface area contributed by atoms with Crippen LogP contribution in [0.4, 0.5) is 0 Å². The van der Waals surface area contributed by atoms with Crippen molar-refractivity contribution < 1.29 is 80.0 Å². The highest BCUT2D eigenvalue weighted by atomic mass is 32.2. The summed E-state index contributed by atoms with van der Waals surface area (Å²) in [5.41, 5.74) is 5.81. The van der Waals surface area contributed by atoms with Crippen LogP contribution in [0, 0.1) is 41.4 Å². The predicted octanol–water partition coefficient (Wildman–Crippen LogP) is 5.57. The number of carbonyl (C=O) groups excluding carboxylic acids is 10. The van der Waals surface area contributed by atoms with Crippen LogP contribution in [0.15, 0.2) is 29.2 Å². The number of benzene rings is 1. The van der Waals surface area contributed by atoms with Crippen molar-refractivity contribution in [3.05, 3.63) is 29.8 Å². The maximum Gasteiger partial charge on any atom is 0.242 e. The number of hydrogen-bond acceptors (Lipinski definition) is 19. The third kappa shape index (κ3) is 25.0. The van der Waals surface area contributed by atoms with E-state index in [1.54, 1.807) is 43.9 Å². The summed E-state index contributed by atoms with van der Waals surface area (Å²) >= 11 is 1.35. The van der Waals surface area contributed by atoms with E-state index in [1.807, 2.05) is 60.5 Å². The third-order valence-electron chi connectivity index (χ3n) is 18.1. The minimum absolute atomic E-state index is 0.00715. The number of ether oxygens (including phenoxy) is 5. The number of imide groups is 1. The van der Waals surface area contributed by atoms with E-state index in [0.717, 1.165) is 0 Å². The predicted molar refractivity (Wildman–Crippen MR) is 352 cm³/mol. The number of likely N-dealkylation sites (N-methyl/N-ethyl adjacent to an activating group) is 2. The molecule has 2 fully saturated rings. The van der Waals surface area contributed by atoms with Crippen molar-refractivity contribution in [3.63, 3.8) is 0 Å². The van der Waals surface area contributed by atoms with Gasteiger partial charge in [-0.15, -0.1) is 0 Å². The zero-order valence-corrected chi connectivity index (χ0v) is 59.2. The number of amides is 6. The molecule has 0 aromatic heterocycles. The molecule has 1 aromatic rings. The normalized spacial score (nSPS) is 18.4. The molecule has 92 heavy (non-hydrogen) atoms. The molecule has 3 N–H and O–H groups in total. The Bertz CT molecular complexity index is 2680. The molecule has 2 saturated heterocycles. The lowest BCUT2D eigenvalue weighted by Crippen LogP contribution is -2.54. The Morgan fingerprint density at radius 2 is 1.36 bits per heavy atom. The number of primary amides is 1. The summed E-state index contributed by atoms with van der Waals surface area (Å²) in [4.78, 5) is 140. The number of nitrogens with one attached hydrogen (secondary N) is 1. The molecule has 2 heterocycles. The highest BCUT2D eigenvalue weighted by Crippen LogP contribution is 2.32. The molecule has 0 aliphatic carbocycles. The molecule has 522 valence electrons. The van der Waals surface area contributed by atoms with Crippen LogP contribution in [-0.2, 0) is 87.9 Å². The highest BCUT2D eigenvalue weighted by Gasteiger charge is 2.44. The second kappa shape index (κ2) is 40.4. The monoisotopic (exact) mass is 1330 g/mol. The van der Waals surface area contributed by atoms with Gasteiger partial charge in [-0.1, -0.05) is 87.3 Å². The van der Waals surface area contributed by atoms with E-state index in [-0.39, 0.29) is 178 Å². The fraction of sp³-hybridized carbons (Fsp3) is 0.761. The standard InChI is InChI=1S/C67H110N6O17S2/c1-16-45(8)63(71(12)66(82)51(43(4)5)38-55(76)62(44(6)7)70(10)11)57(86-13)39-60(79)72-28-19-21-53(72)64(87-14)46(9)56(77)41-92(84,85)49-25-23-47(24-26-49)36-54(75)52(20-17-18-22-59(68)78)69-65(81)50(42(2)3)37-48(74)27-30-88-32-34-90-35-33-89-31-29-73-61(80)40-58(91-15)67(73)83/h23-26,42-46,50-53,57-58,62-64H,16-22,27-41H2,1-15H3,(H2,68,78)(H,69,81)/t45-,46-,50-,51-,52-,53-,57+,58?,62-,63-,64+/m0/s1. The molecule has 0 bridgehead atoms. The number of nitrogens with two attached hydrogens (primary N) is 1. The van der Waals surface area contributed by atoms with Gasteiger partial charge in [-0.05, 0) is 87.4 Å². The van der Waals surface area contributed by atoms with E-state index >= 15 is 0 Å². The number of rotatable bonds is 47. The van der Waals surface area contributed by atoms with Crippen molar-refractivity contribution in [2.75, 3.05) is 100 Å². The first-order valence-electron chi connectivity index (χ1n) is 32.8. The Labute approximate surface area is 552 Å². The van der Waals surface area contributed by atoms with Crippen molar-refractivity contribution in [1.29, 1.82) is 0 Å². The van der Waals surface area contributed by atoms with Gasteiger partial charge in [0.25, 0.3) is 0 Å². The highest BCUT2D eigenvalue weighted by molar-refractivity contribution is 8.00. The van der Waals surface area contributed by atoms with E-state index < -0.39 is 81.3 Å². The molecular formula is C67H110N6O17S2. The zero-order chi connectivity index (χ0) is 69.2. The van der Waals surface area contributed by atoms with Crippen LogP contribution >= 0.6 is 11.8 Å². The molecule has 3 rings (SSSR count). The number of likely N-dealkylation sites (tertiary alicyclic amines) is 2. The van der Waals surface area contributed by atoms with Gasteiger partial charge in [0, 0.05) is 84.1 Å². The van der Waals surface area contributed by atoms with Gasteiger partial charge in [0.2, 0.25) is 35.4 Å². The van der Waals surface area contributed by atoms with E-state index in [0.29, 0.717) is 44.2 Å². The number of Topliss-reactive ketones (excluding diaryl/α,β-unsaturated/α-hetero) is 4. The maximum absolute atomic E-state index is 14.5. The number of unbranched alkanes of at least 4 members (excludes halogenated alkanes) is 1. The van der Waals surface area contributed by atoms with Crippen LogP contribution < -0.4 is 11.1 Å². The third-order valence-corrected chi connectivity index (χ3v) is 20.7. The lowest BCUT2D eigenvalue weighted by atomic mass is 9.83. The second-order valence-corrected chi connectivity index (χ2v) is 29.1. The van der Waals surface area contributed by atoms with Crippen molar-refractivity contribution in [2.45, 2.75) is 192 Å². The SMILES string of the molecule is CC[C@H](C)[C@@H]([C@@H](CC(=O)N1CCC[C@H]1[C@H](OC)[C@@H](C)C(=O)CS(=O)(=O)c1ccc(CC(=O)[C@H](CCCCC(N)=O)NC(=O)[C@@H](CC(=O)CCOCCOCCOCCN2C(=O)CC(SC)C2=O)C(C)C)cc1)OC)N(C)C(=O)[C@@H](CC(=O)[C@H](C(C)C)N(C)C)C(C)C. The van der Waals surface area contributed by atoms with Crippen LogP contribution in [-0.4, -0.2) is 228 Å². The Hall–Kier alpha value is -5.02. The first-order valence-corrected chi connectivity index (χ1v) is 35.7. The van der Waals surface area contributed by atoms with Crippen molar-refractivity contribution in [3.8, 4) is 0 Å². The molecule has 1 unspecified atom stereocenters. The van der Waals surface area contributed by atoms with E-state index in [1.165, 1.54) is 55.1 Å². The van der Waals surface area contributed by atoms with Crippen LogP contribution in [0.2, 0.25) is 0 Å². The minimum Gasteiger partial charge on any atom is -0.379 e. The summed E-state index contributed by atoms with van der Waals surface area (Å²) in [7, 11) is 4.15. The first-order chi connectivity index (χ1) is 43.4. The average molecular weight is 1340 g/mol. The van der Waals surface area contributed by atoms with Gasteiger partial charge in [0.15, 0.2) is 27.2 Å². The van der Waals surface area contributed by atoms with Crippen LogP contribution in [0.1, 0.15) is 145 Å². The van der Waals surface area contributed by atoms with Crippen LogP contribution in [0.5, 0.6) is 0 Å². The topological polar surface area (TPSA) is 302 Å².